The number of aliphatic carboxylic acids is 1. The lowest BCUT2D eigenvalue weighted by molar-refractivity contribution is -0.301. The summed E-state index contributed by atoms with van der Waals surface area (Å²) in [5.41, 5.74) is 5.18. The summed E-state index contributed by atoms with van der Waals surface area (Å²) in [5.74, 6) is -3.76. The molecule has 0 spiro atoms. The molecule has 1 aromatic rings. The zero-order chi connectivity index (χ0) is 23.2. The van der Waals surface area contributed by atoms with Gasteiger partial charge in [-0.25, -0.2) is 13.1 Å². The number of carboxylic acid groups (broad SMARTS) is 1. The fourth-order valence-electron chi connectivity index (χ4n) is 3.00. The van der Waals surface area contributed by atoms with Crippen LogP contribution in [0.5, 0.6) is 0 Å². The van der Waals surface area contributed by atoms with E-state index in [0.717, 1.165) is 23.1 Å². The number of hydrogen-bond acceptors (Lipinski definition) is 9. The van der Waals surface area contributed by atoms with Crippen molar-refractivity contribution in [1.29, 1.82) is 0 Å². The van der Waals surface area contributed by atoms with Gasteiger partial charge in [0.05, 0.1) is 11.7 Å². The Labute approximate surface area is 187 Å². The van der Waals surface area contributed by atoms with Crippen LogP contribution >= 0.6 is 23.1 Å². The van der Waals surface area contributed by atoms with E-state index in [1.807, 2.05) is 0 Å². The Kier molecular flexibility index (Phi) is 8.85. The second kappa shape index (κ2) is 10.9. The van der Waals surface area contributed by atoms with Gasteiger partial charge >= 0.3 is 0 Å². The van der Waals surface area contributed by atoms with Crippen molar-refractivity contribution in [3.63, 3.8) is 0 Å². The summed E-state index contributed by atoms with van der Waals surface area (Å²) in [4.78, 5) is 48.4. The highest BCUT2D eigenvalue weighted by molar-refractivity contribution is 8.00. The predicted molar refractivity (Wildman–Crippen MR) is 112 cm³/mol. The van der Waals surface area contributed by atoms with Gasteiger partial charge in [0.25, 0.3) is 0 Å². The maximum Gasteiger partial charge on any atom is 0.250 e. The lowest BCUT2D eigenvalue weighted by atomic mass is 9.97. The number of hydrogen-bond donors (Lipinski definition) is 3. The molecule has 3 atom stereocenters. The SMILES string of the molecule is C[C@@H](NC(=O)[C@@H]1C[C@@H](NS(=O)(=O)c2cccs2)CCN1C(=O)CSCC(=O)[O-])C(N)=O. The number of nitrogens with two attached hydrogens (primary N) is 1. The minimum atomic E-state index is -3.78. The van der Waals surface area contributed by atoms with Crippen LogP contribution in [0.1, 0.15) is 19.8 Å². The molecule has 3 amide bonds. The van der Waals surface area contributed by atoms with Gasteiger partial charge in [0.1, 0.15) is 16.3 Å². The molecule has 1 aliphatic rings. The number of carbonyl (C=O) groups excluding carboxylic acids is 4. The molecular weight excluding hydrogens is 468 g/mol. The van der Waals surface area contributed by atoms with Crippen molar-refractivity contribution >= 4 is 56.8 Å². The van der Waals surface area contributed by atoms with E-state index < -0.39 is 51.8 Å². The standard InChI is InChI=1S/C17H24N4O7S3/c1-10(16(18)25)19-17(26)12-7-11(20-31(27,28)15-3-2-6-30-15)4-5-21(12)13(22)8-29-9-14(23)24/h2-3,6,10-12,20H,4-5,7-9H2,1H3,(H2,18,25)(H,19,26)(H,23,24)/p-1/t10-,11+,12+/m1/s1. The number of carbonyl (C=O) groups is 4. The number of piperidine rings is 1. The third-order valence-electron chi connectivity index (χ3n) is 4.54. The van der Waals surface area contributed by atoms with Gasteiger partial charge in [-0.3, -0.25) is 14.4 Å². The smallest absolute Gasteiger partial charge is 0.250 e. The quantitative estimate of drug-likeness (QED) is 0.332. The average Bonchev–Trinajstić information content (AvgIpc) is 3.23. The number of likely N-dealkylation sites (tertiary alicyclic amines) is 1. The number of thioether (sulfide) groups is 1. The van der Waals surface area contributed by atoms with E-state index in [-0.39, 0.29) is 35.1 Å². The topological polar surface area (TPSA) is 179 Å². The van der Waals surface area contributed by atoms with Crippen molar-refractivity contribution in [2.75, 3.05) is 18.1 Å². The third-order valence-corrected chi connectivity index (χ3v) is 8.35. The van der Waals surface area contributed by atoms with Gasteiger partial charge in [-0.15, -0.1) is 23.1 Å². The molecule has 11 nitrogen and oxygen atoms in total. The Balaban J connectivity index is 2.14. The minimum absolute atomic E-state index is 0.0151. The van der Waals surface area contributed by atoms with E-state index in [2.05, 4.69) is 10.0 Å². The number of carboxylic acids is 1. The Bertz CT molecular complexity index is 920. The highest BCUT2D eigenvalue weighted by Gasteiger charge is 2.38. The lowest BCUT2D eigenvalue weighted by Gasteiger charge is -2.39. The van der Waals surface area contributed by atoms with Crippen molar-refractivity contribution in [1.82, 2.24) is 14.9 Å². The zero-order valence-electron chi connectivity index (χ0n) is 16.6. The van der Waals surface area contributed by atoms with E-state index in [1.54, 1.807) is 11.4 Å². The molecule has 0 radical (unpaired) electrons. The zero-order valence-corrected chi connectivity index (χ0v) is 19.1. The number of thiophene rings is 1. The second-order valence-electron chi connectivity index (χ2n) is 6.88. The highest BCUT2D eigenvalue weighted by Crippen LogP contribution is 2.23. The fourth-order valence-corrected chi connectivity index (χ4v) is 5.90. The summed E-state index contributed by atoms with van der Waals surface area (Å²) in [6, 6.07) is 0.403. The fraction of sp³-hybridized carbons (Fsp3) is 0.529. The highest BCUT2D eigenvalue weighted by atomic mass is 32.2. The summed E-state index contributed by atoms with van der Waals surface area (Å²) < 4.78 is 27.7. The first-order valence-corrected chi connectivity index (χ1v) is 12.8. The first-order valence-electron chi connectivity index (χ1n) is 9.24. The molecule has 1 aliphatic heterocycles. The maximum atomic E-state index is 12.8. The first-order chi connectivity index (χ1) is 14.5. The predicted octanol–water partition coefficient (Wildman–Crippen LogP) is -2.14. The van der Waals surface area contributed by atoms with Crippen LogP contribution < -0.4 is 20.9 Å². The lowest BCUT2D eigenvalue weighted by Crippen LogP contribution is -2.59. The molecular formula is C17H23N4O7S3-. The van der Waals surface area contributed by atoms with E-state index in [1.165, 1.54) is 17.9 Å². The van der Waals surface area contributed by atoms with Crippen LogP contribution in [-0.2, 0) is 29.2 Å². The number of rotatable bonds is 10. The maximum absolute atomic E-state index is 12.8. The van der Waals surface area contributed by atoms with Gasteiger partial charge < -0.3 is 25.9 Å². The summed E-state index contributed by atoms with van der Waals surface area (Å²) in [6.45, 7) is 1.47. The van der Waals surface area contributed by atoms with Gasteiger partial charge in [0, 0.05) is 18.3 Å². The van der Waals surface area contributed by atoms with Crippen molar-refractivity contribution in [2.45, 2.75) is 42.1 Å². The third kappa shape index (κ3) is 7.19. The van der Waals surface area contributed by atoms with Crippen molar-refractivity contribution in [3.8, 4) is 0 Å². The molecule has 1 fully saturated rings. The van der Waals surface area contributed by atoms with Crippen LogP contribution in [0.2, 0.25) is 0 Å². The van der Waals surface area contributed by atoms with Gasteiger partial charge in [0.2, 0.25) is 27.7 Å². The Hall–Kier alpha value is -2.16. The average molecular weight is 492 g/mol. The van der Waals surface area contributed by atoms with Crippen molar-refractivity contribution in [2.24, 2.45) is 5.73 Å². The molecule has 14 heteroatoms. The normalized spacial score (nSPS) is 20.1. The molecule has 2 rings (SSSR count). The van der Waals surface area contributed by atoms with Crippen LogP contribution in [0.25, 0.3) is 0 Å². The summed E-state index contributed by atoms with van der Waals surface area (Å²) in [6.07, 6.45) is 0.246. The van der Waals surface area contributed by atoms with Crippen molar-refractivity contribution in [3.05, 3.63) is 17.5 Å². The van der Waals surface area contributed by atoms with Gasteiger partial charge in [0.15, 0.2) is 0 Å². The minimum Gasteiger partial charge on any atom is -0.549 e. The van der Waals surface area contributed by atoms with E-state index >= 15 is 0 Å². The second-order valence-corrected chi connectivity index (χ2v) is 10.7. The molecule has 0 unspecified atom stereocenters. The Morgan fingerprint density at radius 1 is 1.35 bits per heavy atom. The molecule has 1 aromatic heterocycles. The number of amides is 3. The van der Waals surface area contributed by atoms with Crippen LogP contribution in [0.3, 0.4) is 0 Å². The Morgan fingerprint density at radius 2 is 2.06 bits per heavy atom. The van der Waals surface area contributed by atoms with E-state index in [4.69, 9.17) is 5.73 Å². The number of sulfonamides is 1. The molecule has 31 heavy (non-hydrogen) atoms. The van der Waals surface area contributed by atoms with Crippen LogP contribution in [0.15, 0.2) is 21.7 Å². The number of primary amides is 1. The molecule has 0 aromatic carbocycles. The first kappa shape index (κ1) is 25.1. The molecule has 2 heterocycles. The Morgan fingerprint density at radius 3 is 2.65 bits per heavy atom. The molecule has 0 aliphatic carbocycles. The van der Waals surface area contributed by atoms with Gasteiger partial charge in [-0.2, -0.15) is 0 Å². The largest absolute Gasteiger partial charge is 0.549 e. The molecule has 0 bridgehead atoms. The van der Waals surface area contributed by atoms with Crippen LogP contribution in [-0.4, -0.2) is 73.2 Å². The summed E-state index contributed by atoms with van der Waals surface area (Å²) >= 11 is 1.89. The summed E-state index contributed by atoms with van der Waals surface area (Å²) in [7, 11) is -3.78. The molecule has 172 valence electrons. The van der Waals surface area contributed by atoms with Gasteiger partial charge in [-0.05, 0) is 31.2 Å². The number of nitrogens with zero attached hydrogens (tertiary/aromatic N) is 1. The van der Waals surface area contributed by atoms with Crippen LogP contribution in [0, 0.1) is 0 Å². The summed E-state index contributed by atoms with van der Waals surface area (Å²) in [5, 5.41) is 14.6. The van der Waals surface area contributed by atoms with E-state index in [9.17, 15) is 32.7 Å². The van der Waals surface area contributed by atoms with Crippen LogP contribution in [0.4, 0.5) is 0 Å². The molecule has 4 N–H and O–H groups in total. The molecule has 0 saturated carbocycles. The van der Waals surface area contributed by atoms with E-state index in [0.29, 0.717) is 0 Å². The number of nitrogens with one attached hydrogen (secondary N) is 2. The van der Waals surface area contributed by atoms with Gasteiger partial charge in [-0.1, -0.05) is 6.07 Å². The molecule has 1 saturated heterocycles. The van der Waals surface area contributed by atoms with Crippen molar-refractivity contribution < 1.29 is 32.7 Å². The monoisotopic (exact) mass is 491 g/mol.